The largest absolute Gasteiger partial charge is 0.607 e. The zero-order valence-electron chi connectivity index (χ0n) is 10.7. The van der Waals surface area contributed by atoms with Gasteiger partial charge in [0.15, 0.2) is 5.58 Å². The normalized spacial score (nSPS) is 12.2. The van der Waals surface area contributed by atoms with Crippen LogP contribution < -0.4 is 0 Å². The molecule has 0 N–H and O–H groups in total. The Bertz CT molecular complexity index is 841. The maximum atomic E-state index is 12.3. The first-order valence-corrected chi connectivity index (χ1v) is 7.79. The third-order valence-corrected chi connectivity index (χ3v) is 4.27. The van der Waals surface area contributed by atoms with Crippen LogP contribution in [0.15, 0.2) is 52.1 Å². The number of fused-ring (bicyclic) bond motifs is 1. The molecule has 6 heteroatoms. The van der Waals surface area contributed by atoms with Crippen LogP contribution in [-0.2, 0) is 16.9 Å². The lowest BCUT2D eigenvalue weighted by atomic mass is 10.2. The van der Waals surface area contributed by atoms with Crippen LogP contribution in [0.1, 0.15) is 11.1 Å². The topological polar surface area (TPSA) is 72.9 Å². The molecule has 0 bridgehead atoms. The van der Waals surface area contributed by atoms with E-state index < -0.39 is 11.2 Å². The molecule has 0 saturated carbocycles. The van der Waals surface area contributed by atoms with E-state index in [4.69, 9.17) is 21.3 Å². The summed E-state index contributed by atoms with van der Waals surface area (Å²) in [5, 5.41) is 9.57. The summed E-state index contributed by atoms with van der Waals surface area (Å²) in [5.74, 6) is 0.246. The minimum atomic E-state index is -1.41. The fourth-order valence-electron chi connectivity index (χ4n) is 1.92. The zero-order valence-corrected chi connectivity index (χ0v) is 12.3. The fraction of sp³-hybridized carbons (Fsp3) is 0.0667. The molecule has 3 aromatic rings. The molecule has 2 aromatic carbocycles. The minimum Gasteiger partial charge on any atom is -0.607 e. The highest BCUT2D eigenvalue weighted by Gasteiger charge is 2.20. The van der Waals surface area contributed by atoms with Gasteiger partial charge < -0.3 is 8.97 Å². The van der Waals surface area contributed by atoms with Crippen LogP contribution in [0.25, 0.3) is 11.1 Å². The maximum Gasteiger partial charge on any atom is 0.416 e. The third kappa shape index (κ3) is 3.03. The zero-order chi connectivity index (χ0) is 14.8. The van der Waals surface area contributed by atoms with E-state index in [0.29, 0.717) is 21.7 Å². The van der Waals surface area contributed by atoms with Gasteiger partial charge in [-0.25, -0.2) is 0 Å². The quantitative estimate of drug-likeness (QED) is 0.691. The van der Waals surface area contributed by atoms with Gasteiger partial charge in [0.2, 0.25) is 0 Å². The van der Waals surface area contributed by atoms with Crippen molar-refractivity contribution in [3.05, 3.63) is 58.6 Å². The van der Waals surface area contributed by atoms with Crippen molar-refractivity contribution in [1.29, 1.82) is 5.26 Å². The van der Waals surface area contributed by atoms with Gasteiger partial charge in [-0.1, -0.05) is 23.7 Å². The average Bonchev–Trinajstić information content (AvgIpc) is 2.90. The first-order valence-electron chi connectivity index (χ1n) is 6.09. The Hall–Kier alpha value is -2.00. The standard InChI is InChI=1S/C15H9ClN2O2S/c16-12-4-5-13-14(7-12)20-15(18-13)21(19)9-11-3-1-2-10(6-11)8-17/h1-7H,9H2. The molecule has 3 rings (SSSR count). The predicted octanol–water partition coefficient (Wildman–Crippen LogP) is 3.66. The highest BCUT2D eigenvalue weighted by molar-refractivity contribution is 7.90. The van der Waals surface area contributed by atoms with E-state index in [1.54, 1.807) is 36.4 Å². The molecule has 0 saturated heterocycles. The number of nitrogens with zero attached hydrogens (tertiary/aromatic N) is 2. The van der Waals surface area contributed by atoms with Gasteiger partial charge >= 0.3 is 5.22 Å². The van der Waals surface area contributed by atoms with Crippen LogP contribution >= 0.6 is 11.6 Å². The third-order valence-electron chi connectivity index (χ3n) is 2.88. The van der Waals surface area contributed by atoms with Crippen molar-refractivity contribution in [2.24, 2.45) is 0 Å². The van der Waals surface area contributed by atoms with Crippen LogP contribution in [0.3, 0.4) is 0 Å². The first kappa shape index (κ1) is 14.0. The number of hydrogen-bond donors (Lipinski definition) is 0. The van der Waals surface area contributed by atoms with Crippen molar-refractivity contribution >= 4 is 33.9 Å². The van der Waals surface area contributed by atoms with Gasteiger partial charge in [-0.05, 0) is 24.3 Å². The lowest BCUT2D eigenvalue weighted by Crippen LogP contribution is -2.05. The summed E-state index contributed by atoms with van der Waals surface area (Å²) >= 11 is 4.46. The van der Waals surface area contributed by atoms with Crippen molar-refractivity contribution in [1.82, 2.24) is 4.98 Å². The molecule has 1 heterocycles. The molecule has 0 aliphatic carbocycles. The Balaban J connectivity index is 1.86. The SMILES string of the molecule is N#Cc1cccc(C[S+]([O-])c2nc3ccc(Cl)cc3o2)c1. The Morgan fingerprint density at radius 1 is 1.29 bits per heavy atom. The molecule has 0 radical (unpaired) electrons. The molecular weight excluding hydrogens is 308 g/mol. The number of halogens is 1. The number of nitriles is 1. The summed E-state index contributed by atoms with van der Waals surface area (Å²) < 4.78 is 17.8. The summed E-state index contributed by atoms with van der Waals surface area (Å²) in [7, 11) is 0. The Morgan fingerprint density at radius 3 is 2.95 bits per heavy atom. The van der Waals surface area contributed by atoms with Crippen LogP contribution in [-0.4, -0.2) is 9.54 Å². The van der Waals surface area contributed by atoms with Crippen LogP contribution in [0.4, 0.5) is 0 Å². The predicted molar refractivity (Wildman–Crippen MR) is 80.3 cm³/mol. The number of oxazole rings is 1. The minimum absolute atomic E-state index is 0.162. The molecule has 1 unspecified atom stereocenters. The monoisotopic (exact) mass is 316 g/mol. The summed E-state index contributed by atoms with van der Waals surface area (Å²) in [6.07, 6.45) is 0. The van der Waals surface area contributed by atoms with E-state index in [2.05, 4.69) is 11.1 Å². The summed E-state index contributed by atoms with van der Waals surface area (Å²) in [4.78, 5) is 4.20. The molecule has 0 amide bonds. The van der Waals surface area contributed by atoms with Crippen molar-refractivity contribution in [2.75, 3.05) is 0 Å². The Labute approximate surface area is 129 Å². The van der Waals surface area contributed by atoms with Gasteiger partial charge in [0.25, 0.3) is 0 Å². The summed E-state index contributed by atoms with van der Waals surface area (Å²) in [6.45, 7) is 0. The lowest BCUT2D eigenvalue weighted by molar-refractivity contribution is 0.458. The van der Waals surface area contributed by atoms with E-state index in [1.165, 1.54) is 0 Å². The van der Waals surface area contributed by atoms with Crippen molar-refractivity contribution in [2.45, 2.75) is 11.0 Å². The van der Waals surface area contributed by atoms with E-state index >= 15 is 0 Å². The molecule has 0 aliphatic heterocycles. The van der Waals surface area contributed by atoms with E-state index in [1.807, 2.05) is 6.07 Å². The second-order valence-corrected chi connectivity index (χ2v) is 6.16. The molecule has 1 atom stereocenters. The molecule has 4 nitrogen and oxygen atoms in total. The highest BCUT2D eigenvalue weighted by atomic mass is 35.5. The first-order chi connectivity index (χ1) is 10.2. The molecule has 0 fully saturated rings. The van der Waals surface area contributed by atoms with Gasteiger partial charge in [-0.2, -0.15) is 10.2 Å². The molecule has 21 heavy (non-hydrogen) atoms. The van der Waals surface area contributed by atoms with Crippen molar-refractivity contribution < 1.29 is 8.97 Å². The smallest absolute Gasteiger partial charge is 0.416 e. The molecule has 0 spiro atoms. The van der Waals surface area contributed by atoms with Gasteiger partial charge in [0, 0.05) is 16.7 Å². The number of aromatic nitrogens is 1. The van der Waals surface area contributed by atoms with Crippen molar-refractivity contribution in [3.63, 3.8) is 0 Å². The second kappa shape index (κ2) is 5.78. The van der Waals surface area contributed by atoms with Gasteiger partial charge in [0.1, 0.15) is 11.3 Å². The van der Waals surface area contributed by atoms with Crippen LogP contribution in [0.5, 0.6) is 0 Å². The highest BCUT2D eigenvalue weighted by Crippen LogP contribution is 2.24. The molecule has 1 aromatic heterocycles. The van der Waals surface area contributed by atoms with E-state index in [9.17, 15) is 4.55 Å². The van der Waals surface area contributed by atoms with Crippen molar-refractivity contribution in [3.8, 4) is 6.07 Å². The maximum absolute atomic E-state index is 12.3. The van der Waals surface area contributed by atoms with E-state index in [0.717, 1.165) is 5.56 Å². The lowest BCUT2D eigenvalue weighted by Gasteiger charge is -2.05. The van der Waals surface area contributed by atoms with Gasteiger partial charge in [-0.3, -0.25) is 0 Å². The van der Waals surface area contributed by atoms with E-state index in [-0.39, 0.29) is 11.0 Å². The molecule has 104 valence electrons. The summed E-state index contributed by atoms with van der Waals surface area (Å²) in [6, 6.07) is 14.1. The van der Waals surface area contributed by atoms with Gasteiger partial charge in [-0.15, -0.1) is 0 Å². The number of rotatable bonds is 3. The van der Waals surface area contributed by atoms with Crippen LogP contribution in [0.2, 0.25) is 5.02 Å². The molecule has 0 aliphatic rings. The Kier molecular flexibility index (Phi) is 3.84. The fourth-order valence-corrected chi connectivity index (χ4v) is 3.07. The van der Waals surface area contributed by atoms with Crippen LogP contribution in [0, 0.1) is 11.3 Å². The Morgan fingerprint density at radius 2 is 2.14 bits per heavy atom. The second-order valence-electron chi connectivity index (χ2n) is 4.39. The number of hydrogen-bond acceptors (Lipinski definition) is 4. The van der Waals surface area contributed by atoms with Gasteiger partial charge in [0.05, 0.1) is 22.8 Å². The summed E-state index contributed by atoms with van der Waals surface area (Å²) in [5.41, 5.74) is 2.46. The number of benzene rings is 2. The molecular formula is C15H9ClN2O2S. The average molecular weight is 317 g/mol.